The van der Waals surface area contributed by atoms with E-state index in [2.05, 4.69) is 12.6 Å². The molecule has 0 fully saturated rings. The number of Topliss-reactive ketones (excluding diaryl/α,β-unsaturated/α-hetero) is 1. The maximum atomic E-state index is 11.5. The highest BCUT2D eigenvalue weighted by Crippen LogP contribution is 2.29. The summed E-state index contributed by atoms with van der Waals surface area (Å²) in [6, 6.07) is 7.16. The summed E-state index contributed by atoms with van der Waals surface area (Å²) in [6.07, 6.45) is 0.933. The van der Waals surface area contributed by atoms with Crippen molar-refractivity contribution in [3.05, 3.63) is 35.4 Å². The van der Waals surface area contributed by atoms with E-state index in [0.717, 1.165) is 12.0 Å². The molecule has 0 aliphatic rings. The molecule has 1 aromatic rings. The lowest BCUT2D eigenvalue weighted by molar-refractivity contribution is 0.0999. The van der Waals surface area contributed by atoms with Crippen LogP contribution in [0.3, 0.4) is 0 Å². The van der Waals surface area contributed by atoms with Crippen LogP contribution in [0.15, 0.2) is 24.3 Å². The van der Waals surface area contributed by atoms with E-state index in [0.29, 0.717) is 5.56 Å². The quantitative estimate of drug-likeness (QED) is 0.493. The molecule has 4 heteroatoms. The van der Waals surface area contributed by atoms with Gasteiger partial charge >= 0.3 is 0 Å². The monoisotopic (exact) mass is 248 g/mol. The predicted octanol–water partition coefficient (Wildman–Crippen LogP) is 3.49. The number of alkyl halides is 2. The Morgan fingerprint density at radius 1 is 1.36 bits per heavy atom. The minimum absolute atomic E-state index is 0.396. The van der Waals surface area contributed by atoms with Gasteiger partial charge in [-0.25, -0.2) is 0 Å². The molecule has 0 aromatic heterocycles. The Kier molecular flexibility index (Phi) is 3.87. The van der Waals surface area contributed by atoms with Gasteiger partial charge in [0.15, 0.2) is 0 Å². The summed E-state index contributed by atoms with van der Waals surface area (Å²) in [5.41, 5.74) is 1.64. The van der Waals surface area contributed by atoms with Crippen LogP contribution in [0.25, 0.3) is 0 Å². The summed E-state index contributed by atoms with van der Waals surface area (Å²) in [7, 11) is 0. The maximum absolute atomic E-state index is 11.5. The second kappa shape index (κ2) is 4.56. The Hall–Kier alpha value is -0.180. The first-order valence-electron chi connectivity index (χ1n) is 4.19. The Labute approximate surface area is 98.8 Å². The molecular formula is C10H10Cl2OS. The number of halogens is 2. The van der Waals surface area contributed by atoms with Crippen molar-refractivity contribution in [2.75, 3.05) is 0 Å². The van der Waals surface area contributed by atoms with Gasteiger partial charge in [-0.1, -0.05) is 54.4 Å². The van der Waals surface area contributed by atoms with Crippen LogP contribution >= 0.6 is 35.8 Å². The minimum atomic E-state index is -1.65. The van der Waals surface area contributed by atoms with Gasteiger partial charge in [0.1, 0.15) is 0 Å². The van der Waals surface area contributed by atoms with Gasteiger partial charge in [0, 0.05) is 5.56 Å². The summed E-state index contributed by atoms with van der Waals surface area (Å²) >= 11 is 14.9. The average Bonchev–Trinajstić information content (AvgIpc) is 2.15. The van der Waals surface area contributed by atoms with Crippen molar-refractivity contribution >= 4 is 41.6 Å². The highest BCUT2D eigenvalue weighted by atomic mass is 35.5. The molecule has 0 N–H and O–H groups in total. The molecule has 0 amide bonds. The second-order valence-electron chi connectivity index (χ2n) is 2.92. The molecule has 0 aliphatic carbocycles. The van der Waals surface area contributed by atoms with Crippen molar-refractivity contribution in [3.8, 4) is 0 Å². The fraction of sp³-hybridized carbons (Fsp3) is 0.300. The lowest BCUT2D eigenvalue weighted by Gasteiger charge is -2.10. The van der Waals surface area contributed by atoms with Crippen LogP contribution in [0, 0.1) is 0 Å². The molecular weight excluding hydrogens is 239 g/mol. The molecule has 0 saturated heterocycles. The third-order valence-electron chi connectivity index (χ3n) is 1.90. The third kappa shape index (κ3) is 2.91. The average molecular weight is 249 g/mol. The number of carbonyl (C=O) groups excluding carboxylic acids is 1. The standard InChI is InChI=1S/C10H10Cl2OS/c1-2-7-3-5-8(6-4-7)9(13)10(11,12)14/h3-6,14H,2H2,1H3. The van der Waals surface area contributed by atoms with Crippen LogP contribution in [0.2, 0.25) is 0 Å². The fourth-order valence-electron chi connectivity index (χ4n) is 1.07. The Morgan fingerprint density at radius 3 is 2.21 bits per heavy atom. The zero-order valence-corrected chi connectivity index (χ0v) is 10.0. The number of hydrogen-bond acceptors (Lipinski definition) is 2. The summed E-state index contributed by atoms with van der Waals surface area (Å²) < 4.78 is -1.65. The normalized spacial score (nSPS) is 11.4. The van der Waals surface area contributed by atoms with Gasteiger partial charge in [0.25, 0.3) is 0 Å². The molecule has 76 valence electrons. The molecule has 0 atom stereocenters. The molecule has 1 aromatic carbocycles. The zero-order valence-electron chi connectivity index (χ0n) is 7.63. The van der Waals surface area contributed by atoms with Gasteiger partial charge in [0.2, 0.25) is 9.45 Å². The highest BCUT2D eigenvalue weighted by Gasteiger charge is 2.29. The number of hydrogen-bond donors (Lipinski definition) is 1. The van der Waals surface area contributed by atoms with E-state index < -0.39 is 9.45 Å². The lowest BCUT2D eigenvalue weighted by Crippen LogP contribution is -2.18. The fourth-order valence-corrected chi connectivity index (χ4v) is 1.41. The van der Waals surface area contributed by atoms with E-state index in [1.54, 1.807) is 12.1 Å². The molecule has 14 heavy (non-hydrogen) atoms. The van der Waals surface area contributed by atoms with E-state index in [1.807, 2.05) is 19.1 Å². The van der Waals surface area contributed by atoms with Gasteiger partial charge in [-0.15, -0.1) is 12.6 Å². The number of thiol groups is 1. The van der Waals surface area contributed by atoms with Gasteiger partial charge in [-0.05, 0) is 12.0 Å². The first-order valence-corrected chi connectivity index (χ1v) is 5.39. The van der Waals surface area contributed by atoms with Crippen LogP contribution < -0.4 is 0 Å². The van der Waals surface area contributed by atoms with Gasteiger partial charge in [-0.3, -0.25) is 4.79 Å². The van der Waals surface area contributed by atoms with E-state index in [9.17, 15) is 4.79 Å². The van der Waals surface area contributed by atoms with E-state index in [1.165, 1.54) is 0 Å². The van der Waals surface area contributed by atoms with Crippen molar-refractivity contribution in [1.82, 2.24) is 0 Å². The van der Waals surface area contributed by atoms with E-state index >= 15 is 0 Å². The molecule has 0 radical (unpaired) electrons. The Balaban J connectivity index is 2.93. The molecule has 1 rings (SSSR count). The Morgan fingerprint density at radius 2 is 1.86 bits per heavy atom. The maximum Gasteiger partial charge on any atom is 0.222 e. The van der Waals surface area contributed by atoms with Crippen LogP contribution in [-0.2, 0) is 6.42 Å². The summed E-state index contributed by atoms with van der Waals surface area (Å²) in [5.74, 6) is -0.396. The van der Waals surface area contributed by atoms with Gasteiger partial charge < -0.3 is 0 Å². The van der Waals surface area contributed by atoms with E-state index in [-0.39, 0.29) is 0 Å². The number of aryl methyl sites for hydroxylation is 1. The van der Waals surface area contributed by atoms with Crippen LogP contribution in [0.4, 0.5) is 0 Å². The SMILES string of the molecule is CCc1ccc(C(=O)C(S)(Cl)Cl)cc1. The van der Waals surface area contributed by atoms with Crippen molar-refractivity contribution in [2.45, 2.75) is 17.0 Å². The molecule has 0 spiro atoms. The highest BCUT2D eigenvalue weighted by molar-refractivity contribution is 7.86. The molecule has 0 unspecified atom stereocenters. The van der Waals surface area contributed by atoms with Crippen molar-refractivity contribution in [1.29, 1.82) is 0 Å². The number of benzene rings is 1. The van der Waals surface area contributed by atoms with Gasteiger partial charge in [0.05, 0.1) is 0 Å². The number of carbonyl (C=O) groups is 1. The first kappa shape index (κ1) is 11.9. The summed E-state index contributed by atoms with van der Waals surface area (Å²) in [5, 5.41) is 0. The number of ketones is 1. The topological polar surface area (TPSA) is 17.1 Å². The summed E-state index contributed by atoms with van der Waals surface area (Å²) in [4.78, 5) is 11.5. The smallest absolute Gasteiger partial charge is 0.222 e. The number of rotatable bonds is 3. The van der Waals surface area contributed by atoms with Crippen molar-refractivity contribution in [2.24, 2.45) is 0 Å². The van der Waals surface area contributed by atoms with Crippen LogP contribution in [-0.4, -0.2) is 9.45 Å². The molecule has 0 aliphatic heterocycles. The van der Waals surface area contributed by atoms with Crippen LogP contribution in [0.1, 0.15) is 22.8 Å². The molecule has 0 heterocycles. The first-order chi connectivity index (χ1) is 6.45. The molecule has 1 nitrogen and oxygen atoms in total. The lowest BCUT2D eigenvalue weighted by atomic mass is 10.1. The second-order valence-corrected chi connectivity index (χ2v) is 5.45. The molecule has 0 saturated carbocycles. The zero-order chi connectivity index (χ0) is 10.8. The van der Waals surface area contributed by atoms with Gasteiger partial charge in [-0.2, -0.15) is 0 Å². The third-order valence-corrected chi connectivity index (χ3v) is 2.44. The van der Waals surface area contributed by atoms with Crippen molar-refractivity contribution in [3.63, 3.8) is 0 Å². The van der Waals surface area contributed by atoms with Crippen LogP contribution in [0.5, 0.6) is 0 Å². The Bertz CT molecular complexity index is 327. The van der Waals surface area contributed by atoms with Crippen molar-refractivity contribution < 1.29 is 4.79 Å². The summed E-state index contributed by atoms with van der Waals surface area (Å²) in [6.45, 7) is 2.04. The largest absolute Gasteiger partial charge is 0.290 e. The minimum Gasteiger partial charge on any atom is -0.290 e. The molecule has 0 bridgehead atoms. The predicted molar refractivity (Wildman–Crippen MR) is 63.6 cm³/mol. The van der Waals surface area contributed by atoms with E-state index in [4.69, 9.17) is 23.2 Å².